The van der Waals surface area contributed by atoms with E-state index in [2.05, 4.69) is 10.1 Å². The molecule has 0 unspecified atom stereocenters. The molecule has 2 aromatic carbocycles. The summed E-state index contributed by atoms with van der Waals surface area (Å²) >= 11 is 6.25. The van der Waals surface area contributed by atoms with Gasteiger partial charge in [0.25, 0.3) is 0 Å². The first-order chi connectivity index (χ1) is 12.1. The molecular formula is C19H19ClN2O3. The van der Waals surface area contributed by atoms with E-state index in [1.165, 1.54) is 0 Å². The van der Waals surface area contributed by atoms with E-state index < -0.39 is 0 Å². The van der Waals surface area contributed by atoms with Gasteiger partial charge in [0.05, 0.1) is 24.2 Å². The largest absolute Gasteiger partial charge is 0.493 e. The average molecular weight is 359 g/mol. The van der Waals surface area contributed by atoms with Crippen LogP contribution in [-0.4, -0.2) is 22.9 Å². The van der Waals surface area contributed by atoms with Crippen molar-refractivity contribution in [3.05, 3.63) is 59.4 Å². The maximum Gasteiger partial charge on any atom is 0.230 e. The lowest BCUT2D eigenvalue weighted by Gasteiger charge is -2.11. The topological polar surface area (TPSA) is 57.4 Å². The Kier molecular flexibility index (Phi) is 5.56. The Hall–Kier alpha value is -2.53. The standard InChI is InChI=1S/C19H19ClN2O3/c1-13(2)24-17-9-8-14(12-16(17)20)19-21-18(25-22-19)10-11-23-15-6-4-3-5-7-15/h3-9,12-13H,10-11H2,1-2H3. The number of ether oxygens (including phenoxy) is 2. The molecule has 1 heterocycles. The molecule has 0 aliphatic heterocycles. The van der Waals surface area contributed by atoms with Gasteiger partial charge in [0.15, 0.2) is 0 Å². The number of rotatable bonds is 7. The maximum atomic E-state index is 6.25. The Morgan fingerprint density at radius 1 is 1.12 bits per heavy atom. The lowest BCUT2D eigenvalue weighted by Crippen LogP contribution is -2.05. The quantitative estimate of drug-likeness (QED) is 0.607. The molecule has 3 rings (SSSR count). The predicted octanol–water partition coefficient (Wildman–Crippen LogP) is 4.80. The molecule has 130 valence electrons. The van der Waals surface area contributed by atoms with Crippen LogP contribution in [0, 0.1) is 0 Å². The fourth-order valence-electron chi connectivity index (χ4n) is 2.24. The summed E-state index contributed by atoms with van der Waals surface area (Å²) in [6, 6.07) is 15.1. The van der Waals surface area contributed by atoms with E-state index in [4.69, 9.17) is 25.6 Å². The van der Waals surface area contributed by atoms with Crippen molar-refractivity contribution in [2.75, 3.05) is 6.61 Å². The van der Waals surface area contributed by atoms with E-state index >= 15 is 0 Å². The fraction of sp³-hybridized carbons (Fsp3) is 0.263. The first-order valence-electron chi connectivity index (χ1n) is 8.09. The monoisotopic (exact) mass is 358 g/mol. The molecular weight excluding hydrogens is 340 g/mol. The zero-order valence-electron chi connectivity index (χ0n) is 14.1. The SMILES string of the molecule is CC(C)Oc1ccc(-c2noc(CCOc3ccccc3)n2)cc1Cl. The van der Waals surface area contributed by atoms with Gasteiger partial charge in [0, 0.05) is 5.56 Å². The molecule has 0 saturated heterocycles. The van der Waals surface area contributed by atoms with Crippen molar-refractivity contribution in [2.24, 2.45) is 0 Å². The summed E-state index contributed by atoms with van der Waals surface area (Å²) in [6.45, 7) is 4.37. The number of nitrogens with zero attached hydrogens (tertiary/aromatic N) is 2. The highest BCUT2D eigenvalue weighted by molar-refractivity contribution is 6.32. The van der Waals surface area contributed by atoms with Gasteiger partial charge < -0.3 is 14.0 Å². The summed E-state index contributed by atoms with van der Waals surface area (Å²) < 4.78 is 16.5. The number of halogens is 1. The lowest BCUT2D eigenvalue weighted by molar-refractivity contribution is 0.242. The van der Waals surface area contributed by atoms with Gasteiger partial charge in [0.1, 0.15) is 11.5 Å². The second-order valence-electron chi connectivity index (χ2n) is 5.74. The van der Waals surface area contributed by atoms with E-state index in [1.54, 1.807) is 6.07 Å². The predicted molar refractivity (Wildman–Crippen MR) is 96.1 cm³/mol. The molecule has 6 heteroatoms. The number of hydrogen-bond donors (Lipinski definition) is 0. The average Bonchev–Trinajstić information content (AvgIpc) is 3.06. The molecule has 3 aromatic rings. The molecule has 0 saturated carbocycles. The van der Waals surface area contributed by atoms with Crippen LogP contribution in [0.15, 0.2) is 53.1 Å². The second kappa shape index (κ2) is 8.03. The van der Waals surface area contributed by atoms with Crippen LogP contribution in [0.1, 0.15) is 19.7 Å². The van der Waals surface area contributed by atoms with Gasteiger partial charge in [-0.05, 0) is 44.2 Å². The Bertz CT molecular complexity index is 819. The Labute approximate surface area is 151 Å². The molecule has 1 aromatic heterocycles. The highest BCUT2D eigenvalue weighted by atomic mass is 35.5. The van der Waals surface area contributed by atoms with Crippen molar-refractivity contribution in [3.63, 3.8) is 0 Å². The smallest absolute Gasteiger partial charge is 0.230 e. The summed E-state index contributed by atoms with van der Waals surface area (Å²) in [5, 5.41) is 4.52. The van der Waals surface area contributed by atoms with Crippen LogP contribution in [0.25, 0.3) is 11.4 Å². The van der Waals surface area contributed by atoms with Gasteiger partial charge in [-0.15, -0.1) is 0 Å². The van der Waals surface area contributed by atoms with Crippen molar-refractivity contribution in [3.8, 4) is 22.9 Å². The van der Waals surface area contributed by atoms with Crippen LogP contribution in [0.5, 0.6) is 11.5 Å². The van der Waals surface area contributed by atoms with Crippen LogP contribution < -0.4 is 9.47 Å². The number of para-hydroxylation sites is 1. The van der Waals surface area contributed by atoms with Gasteiger partial charge in [0.2, 0.25) is 11.7 Å². The van der Waals surface area contributed by atoms with Crippen molar-refractivity contribution < 1.29 is 14.0 Å². The van der Waals surface area contributed by atoms with Crippen LogP contribution >= 0.6 is 11.6 Å². The van der Waals surface area contributed by atoms with Gasteiger partial charge in [-0.1, -0.05) is 35.0 Å². The molecule has 0 aliphatic rings. The minimum atomic E-state index is 0.0599. The fourth-order valence-corrected chi connectivity index (χ4v) is 2.46. The second-order valence-corrected chi connectivity index (χ2v) is 6.14. The third kappa shape index (κ3) is 4.73. The maximum absolute atomic E-state index is 6.25. The van der Waals surface area contributed by atoms with E-state index in [9.17, 15) is 0 Å². The molecule has 0 spiro atoms. The zero-order chi connectivity index (χ0) is 17.6. The van der Waals surface area contributed by atoms with Crippen molar-refractivity contribution in [1.82, 2.24) is 10.1 Å². The number of benzene rings is 2. The first-order valence-corrected chi connectivity index (χ1v) is 8.46. The summed E-state index contributed by atoms with van der Waals surface area (Å²) in [7, 11) is 0. The zero-order valence-corrected chi connectivity index (χ0v) is 14.9. The molecule has 0 bridgehead atoms. The first kappa shape index (κ1) is 17.3. The van der Waals surface area contributed by atoms with E-state index in [1.807, 2.05) is 56.3 Å². The third-order valence-electron chi connectivity index (χ3n) is 3.35. The number of hydrogen-bond acceptors (Lipinski definition) is 5. The normalized spacial score (nSPS) is 10.9. The summed E-state index contributed by atoms with van der Waals surface area (Å²) in [6.07, 6.45) is 0.592. The van der Waals surface area contributed by atoms with E-state index in [0.29, 0.717) is 35.5 Å². The van der Waals surface area contributed by atoms with Crippen molar-refractivity contribution >= 4 is 11.6 Å². The van der Waals surface area contributed by atoms with Gasteiger partial charge in [-0.3, -0.25) is 0 Å². The minimum absolute atomic E-state index is 0.0599. The lowest BCUT2D eigenvalue weighted by atomic mass is 10.2. The molecule has 25 heavy (non-hydrogen) atoms. The molecule has 0 fully saturated rings. The van der Waals surface area contributed by atoms with Crippen molar-refractivity contribution in [2.45, 2.75) is 26.4 Å². The van der Waals surface area contributed by atoms with Gasteiger partial charge in [-0.2, -0.15) is 4.98 Å². The molecule has 0 atom stereocenters. The molecule has 5 nitrogen and oxygen atoms in total. The highest BCUT2D eigenvalue weighted by Gasteiger charge is 2.12. The van der Waals surface area contributed by atoms with E-state index in [0.717, 1.165) is 11.3 Å². The summed E-state index contributed by atoms with van der Waals surface area (Å²) in [5.74, 6) is 2.47. The van der Waals surface area contributed by atoms with Crippen LogP contribution in [0.4, 0.5) is 0 Å². The molecule has 0 aliphatic carbocycles. The van der Waals surface area contributed by atoms with Crippen molar-refractivity contribution in [1.29, 1.82) is 0 Å². The number of aromatic nitrogens is 2. The Balaban J connectivity index is 1.62. The summed E-state index contributed by atoms with van der Waals surface area (Å²) in [5.41, 5.74) is 0.778. The highest BCUT2D eigenvalue weighted by Crippen LogP contribution is 2.30. The van der Waals surface area contributed by atoms with E-state index in [-0.39, 0.29) is 6.10 Å². The Morgan fingerprint density at radius 3 is 2.64 bits per heavy atom. The summed E-state index contributed by atoms with van der Waals surface area (Å²) in [4.78, 5) is 4.39. The third-order valence-corrected chi connectivity index (χ3v) is 3.64. The minimum Gasteiger partial charge on any atom is -0.493 e. The molecule has 0 radical (unpaired) electrons. The van der Waals surface area contributed by atoms with Gasteiger partial charge in [-0.25, -0.2) is 0 Å². The van der Waals surface area contributed by atoms with Crippen LogP contribution in [0.3, 0.4) is 0 Å². The Morgan fingerprint density at radius 2 is 1.92 bits per heavy atom. The van der Waals surface area contributed by atoms with Crippen LogP contribution in [0.2, 0.25) is 5.02 Å². The molecule has 0 N–H and O–H groups in total. The van der Waals surface area contributed by atoms with Crippen LogP contribution in [-0.2, 0) is 6.42 Å². The molecule has 0 amide bonds. The van der Waals surface area contributed by atoms with Gasteiger partial charge >= 0.3 is 0 Å².